The SMILES string of the molecule is CNCc1ccccc1NC(=O)N[C@H](C(=O)O)C(C)C. The molecule has 0 saturated heterocycles. The molecular formula is C14H21N3O3. The number of benzene rings is 1. The van der Waals surface area contributed by atoms with Crippen LogP contribution in [0.25, 0.3) is 0 Å². The van der Waals surface area contributed by atoms with Gasteiger partial charge in [-0.15, -0.1) is 0 Å². The van der Waals surface area contributed by atoms with Gasteiger partial charge in [-0.25, -0.2) is 9.59 Å². The molecule has 6 heteroatoms. The molecule has 0 radical (unpaired) electrons. The van der Waals surface area contributed by atoms with E-state index in [0.717, 1.165) is 5.56 Å². The maximum atomic E-state index is 11.9. The van der Waals surface area contributed by atoms with Crippen molar-refractivity contribution in [3.05, 3.63) is 29.8 Å². The summed E-state index contributed by atoms with van der Waals surface area (Å²) < 4.78 is 0. The van der Waals surface area contributed by atoms with Crippen LogP contribution in [0.15, 0.2) is 24.3 Å². The summed E-state index contributed by atoms with van der Waals surface area (Å²) in [6, 6.07) is 5.93. The molecule has 4 N–H and O–H groups in total. The molecule has 0 aliphatic heterocycles. The minimum Gasteiger partial charge on any atom is -0.480 e. The predicted molar refractivity (Wildman–Crippen MR) is 77.6 cm³/mol. The summed E-state index contributed by atoms with van der Waals surface area (Å²) in [7, 11) is 1.82. The number of hydrogen-bond acceptors (Lipinski definition) is 3. The van der Waals surface area contributed by atoms with Crippen molar-refractivity contribution in [1.29, 1.82) is 0 Å². The van der Waals surface area contributed by atoms with Crippen LogP contribution in [-0.4, -0.2) is 30.2 Å². The summed E-state index contributed by atoms with van der Waals surface area (Å²) in [6.45, 7) is 4.10. The molecule has 1 aromatic carbocycles. The Hall–Kier alpha value is -2.08. The van der Waals surface area contributed by atoms with Gasteiger partial charge in [0.05, 0.1) is 0 Å². The quantitative estimate of drug-likeness (QED) is 0.637. The highest BCUT2D eigenvalue weighted by Gasteiger charge is 2.23. The van der Waals surface area contributed by atoms with Gasteiger partial charge in [0.25, 0.3) is 0 Å². The molecule has 0 heterocycles. The molecule has 0 saturated carbocycles. The molecule has 0 fully saturated rings. The summed E-state index contributed by atoms with van der Waals surface area (Å²) in [5.74, 6) is -1.23. The molecule has 1 atom stereocenters. The summed E-state index contributed by atoms with van der Waals surface area (Å²) in [4.78, 5) is 22.9. The van der Waals surface area contributed by atoms with Crippen LogP contribution < -0.4 is 16.0 Å². The van der Waals surface area contributed by atoms with Crippen LogP contribution in [0.5, 0.6) is 0 Å². The van der Waals surface area contributed by atoms with E-state index in [1.807, 2.05) is 25.2 Å². The second kappa shape index (κ2) is 7.49. The highest BCUT2D eigenvalue weighted by Crippen LogP contribution is 2.14. The van der Waals surface area contributed by atoms with Crippen molar-refractivity contribution < 1.29 is 14.7 Å². The maximum Gasteiger partial charge on any atom is 0.326 e. The normalized spacial score (nSPS) is 12.0. The van der Waals surface area contributed by atoms with E-state index in [-0.39, 0.29) is 5.92 Å². The van der Waals surface area contributed by atoms with Gasteiger partial charge in [0.1, 0.15) is 6.04 Å². The number of carbonyl (C=O) groups is 2. The molecule has 0 aromatic heterocycles. The number of rotatable bonds is 6. The number of urea groups is 1. The van der Waals surface area contributed by atoms with E-state index in [1.165, 1.54) is 0 Å². The number of carboxylic acids is 1. The minimum atomic E-state index is -1.04. The Morgan fingerprint density at radius 2 is 1.90 bits per heavy atom. The van der Waals surface area contributed by atoms with E-state index in [1.54, 1.807) is 19.9 Å². The highest BCUT2D eigenvalue weighted by atomic mass is 16.4. The number of anilines is 1. The van der Waals surface area contributed by atoms with Crippen LogP contribution in [-0.2, 0) is 11.3 Å². The lowest BCUT2D eigenvalue weighted by molar-refractivity contribution is -0.140. The third-order valence-corrected chi connectivity index (χ3v) is 2.85. The van der Waals surface area contributed by atoms with E-state index >= 15 is 0 Å². The van der Waals surface area contributed by atoms with Gasteiger partial charge in [-0.2, -0.15) is 0 Å². The van der Waals surface area contributed by atoms with Gasteiger partial charge in [0.15, 0.2) is 0 Å². The Morgan fingerprint density at radius 3 is 2.45 bits per heavy atom. The highest BCUT2D eigenvalue weighted by molar-refractivity contribution is 5.92. The molecular weight excluding hydrogens is 258 g/mol. The lowest BCUT2D eigenvalue weighted by Crippen LogP contribution is -2.46. The molecule has 0 spiro atoms. The lowest BCUT2D eigenvalue weighted by Gasteiger charge is -2.19. The van der Waals surface area contributed by atoms with Crippen molar-refractivity contribution >= 4 is 17.7 Å². The van der Waals surface area contributed by atoms with E-state index < -0.39 is 18.0 Å². The fourth-order valence-corrected chi connectivity index (χ4v) is 1.80. The van der Waals surface area contributed by atoms with Crippen LogP contribution in [0.2, 0.25) is 0 Å². The molecule has 1 rings (SSSR count). The van der Waals surface area contributed by atoms with Gasteiger partial charge < -0.3 is 21.1 Å². The molecule has 0 unspecified atom stereocenters. The maximum absolute atomic E-state index is 11.9. The van der Waals surface area contributed by atoms with Crippen LogP contribution in [0.1, 0.15) is 19.4 Å². The first-order chi connectivity index (χ1) is 9.45. The fraction of sp³-hybridized carbons (Fsp3) is 0.429. The zero-order valence-corrected chi connectivity index (χ0v) is 11.9. The van der Waals surface area contributed by atoms with Gasteiger partial charge in [0.2, 0.25) is 0 Å². The third-order valence-electron chi connectivity index (χ3n) is 2.85. The fourth-order valence-electron chi connectivity index (χ4n) is 1.80. The summed E-state index contributed by atoms with van der Waals surface area (Å²) in [5, 5.41) is 17.2. The minimum absolute atomic E-state index is 0.189. The zero-order chi connectivity index (χ0) is 15.1. The molecule has 110 valence electrons. The third kappa shape index (κ3) is 4.55. The first-order valence-corrected chi connectivity index (χ1v) is 6.48. The van der Waals surface area contributed by atoms with Gasteiger partial charge in [0, 0.05) is 12.2 Å². The molecule has 6 nitrogen and oxygen atoms in total. The van der Waals surface area contributed by atoms with Crippen molar-refractivity contribution in [3.63, 3.8) is 0 Å². The number of nitrogens with one attached hydrogen (secondary N) is 3. The molecule has 0 aliphatic carbocycles. The van der Waals surface area contributed by atoms with Crippen LogP contribution in [0.3, 0.4) is 0 Å². The number of para-hydroxylation sites is 1. The van der Waals surface area contributed by atoms with Crippen molar-refractivity contribution in [2.24, 2.45) is 5.92 Å². The van der Waals surface area contributed by atoms with Gasteiger partial charge in [-0.1, -0.05) is 32.0 Å². The number of carbonyl (C=O) groups excluding carboxylic acids is 1. The summed E-state index contributed by atoms with van der Waals surface area (Å²) in [5.41, 5.74) is 1.59. The second-order valence-electron chi connectivity index (χ2n) is 4.85. The number of amides is 2. The first-order valence-electron chi connectivity index (χ1n) is 6.48. The number of aliphatic carboxylic acids is 1. The summed E-state index contributed by atoms with van der Waals surface area (Å²) >= 11 is 0. The molecule has 0 bridgehead atoms. The Bertz CT molecular complexity index is 474. The molecule has 0 aliphatic rings. The Labute approximate surface area is 118 Å². The molecule has 20 heavy (non-hydrogen) atoms. The zero-order valence-electron chi connectivity index (χ0n) is 11.9. The topological polar surface area (TPSA) is 90.5 Å². The van der Waals surface area contributed by atoms with E-state index in [0.29, 0.717) is 12.2 Å². The van der Waals surface area contributed by atoms with Crippen molar-refractivity contribution in [1.82, 2.24) is 10.6 Å². The van der Waals surface area contributed by atoms with E-state index in [4.69, 9.17) is 5.11 Å². The van der Waals surface area contributed by atoms with E-state index in [2.05, 4.69) is 16.0 Å². The van der Waals surface area contributed by atoms with Crippen molar-refractivity contribution in [2.45, 2.75) is 26.4 Å². The number of hydrogen-bond donors (Lipinski definition) is 4. The Morgan fingerprint density at radius 1 is 1.25 bits per heavy atom. The Kier molecular flexibility index (Phi) is 5.99. The van der Waals surface area contributed by atoms with Crippen LogP contribution >= 0.6 is 0 Å². The molecule has 2 amide bonds. The Balaban J connectivity index is 2.73. The van der Waals surface area contributed by atoms with Crippen molar-refractivity contribution in [2.75, 3.05) is 12.4 Å². The number of carboxylic acid groups (broad SMARTS) is 1. The van der Waals surface area contributed by atoms with Gasteiger partial charge >= 0.3 is 12.0 Å². The van der Waals surface area contributed by atoms with Crippen molar-refractivity contribution in [3.8, 4) is 0 Å². The van der Waals surface area contributed by atoms with Gasteiger partial charge in [-0.3, -0.25) is 0 Å². The predicted octanol–water partition coefficient (Wildman–Crippen LogP) is 1.64. The van der Waals surface area contributed by atoms with E-state index in [9.17, 15) is 9.59 Å². The summed E-state index contributed by atoms with van der Waals surface area (Å²) in [6.07, 6.45) is 0. The lowest BCUT2D eigenvalue weighted by atomic mass is 10.1. The monoisotopic (exact) mass is 279 g/mol. The average molecular weight is 279 g/mol. The molecule has 1 aromatic rings. The van der Waals surface area contributed by atoms with Gasteiger partial charge in [-0.05, 0) is 24.6 Å². The van der Waals surface area contributed by atoms with Crippen LogP contribution in [0.4, 0.5) is 10.5 Å². The first kappa shape index (κ1) is 16.0. The average Bonchev–Trinajstić information content (AvgIpc) is 2.38. The van der Waals surface area contributed by atoms with Crippen LogP contribution in [0, 0.1) is 5.92 Å². The smallest absolute Gasteiger partial charge is 0.326 e. The standard InChI is InChI=1S/C14H21N3O3/c1-9(2)12(13(18)19)17-14(20)16-11-7-5-4-6-10(11)8-15-3/h4-7,9,12,15H,8H2,1-3H3,(H,18,19)(H2,16,17,20)/t12-/m0/s1. The largest absolute Gasteiger partial charge is 0.480 e. The second-order valence-corrected chi connectivity index (χ2v) is 4.85.